The first kappa shape index (κ1) is 53.5. The molecule has 3 heterocycles. The Hall–Kier alpha value is -2.12. The van der Waals surface area contributed by atoms with Crippen LogP contribution in [0.1, 0.15) is 107 Å². The maximum absolute atomic E-state index is 14.5. The zero-order chi connectivity index (χ0) is 47.0. The summed E-state index contributed by atoms with van der Waals surface area (Å²) in [5.41, 5.74) is -3.16. The van der Waals surface area contributed by atoms with Crippen LogP contribution in [0, 0.1) is 23.7 Å². The van der Waals surface area contributed by atoms with Crippen LogP contribution in [-0.2, 0) is 58.8 Å². The number of aliphatic hydroxyl groups excluding tert-OH is 2. The van der Waals surface area contributed by atoms with Gasteiger partial charge in [-0.3, -0.25) is 9.59 Å². The van der Waals surface area contributed by atoms with E-state index in [1.54, 1.807) is 48.7 Å². The summed E-state index contributed by atoms with van der Waals surface area (Å²) < 4.78 is 58.0. The van der Waals surface area contributed by atoms with Crippen molar-refractivity contribution in [2.45, 2.75) is 192 Å². The molecule has 15 heteroatoms. The standard InChI is InChI=1S/C48H81NO14/c1-15-36-48(10,54)41(51)30(4)38(50)28(2)25-47(9,56-14)43(31(5)39(32(6)44(53)61-36)62-37-26-46(8,55-13)42(52)33(7)60-37)63-45-40(35(49(11)12)24-29(3)59-45)58-23-19-22-57-27-34-20-17-16-18-21-34/h16-18,20-21,28-33,35-37,39-43,45,51-52,54H,15,19,22-27H2,1-14H3/t28-,29-,30+,31+,32-,33+,35+,36-,37+,39+,40-,41-,42+,43-,45+,46-,47+,48-/m1/s1. The number of ether oxygens (including phenoxy) is 9. The van der Waals surface area contributed by atoms with Gasteiger partial charge in [0.15, 0.2) is 12.6 Å². The number of esters is 1. The molecule has 15 nitrogen and oxygen atoms in total. The van der Waals surface area contributed by atoms with Crippen LogP contribution in [0.25, 0.3) is 0 Å². The molecule has 0 bridgehead atoms. The average Bonchev–Trinajstić information content (AvgIpc) is 3.25. The monoisotopic (exact) mass is 896 g/mol. The maximum Gasteiger partial charge on any atom is 0.311 e. The molecule has 3 aliphatic heterocycles. The zero-order valence-corrected chi connectivity index (χ0v) is 40.5. The van der Waals surface area contributed by atoms with E-state index in [1.165, 1.54) is 14.0 Å². The van der Waals surface area contributed by atoms with Gasteiger partial charge in [0, 0.05) is 57.6 Å². The highest BCUT2D eigenvalue weighted by atomic mass is 16.7. The molecule has 362 valence electrons. The summed E-state index contributed by atoms with van der Waals surface area (Å²) in [5, 5.41) is 34.5. The summed E-state index contributed by atoms with van der Waals surface area (Å²) in [6.45, 7) is 18.8. The van der Waals surface area contributed by atoms with Crippen molar-refractivity contribution in [1.82, 2.24) is 4.90 Å². The Morgan fingerprint density at radius 3 is 2.08 bits per heavy atom. The number of hydrogen-bond acceptors (Lipinski definition) is 15. The van der Waals surface area contributed by atoms with Crippen LogP contribution in [-0.4, -0.2) is 158 Å². The highest BCUT2D eigenvalue weighted by molar-refractivity contribution is 5.83. The van der Waals surface area contributed by atoms with Crippen LogP contribution in [0.15, 0.2) is 30.3 Å². The number of carbonyl (C=O) groups is 2. The summed E-state index contributed by atoms with van der Waals surface area (Å²) in [4.78, 5) is 30.8. The molecule has 0 aromatic heterocycles. The number of hydrogen-bond donors (Lipinski definition) is 3. The van der Waals surface area contributed by atoms with E-state index in [1.807, 2.05) is 65.2 Å². The molecular weight excluding hydrogens is 815 g/mol. The molecule has 3 aliphatic rings. The van der Waals surface area contributed by atoms with Crippen molar-refractivity contribution in [3.05, 3.63) is 35.9 Å². The molecule has 4 rings (SSSR count). The Kier molecular flexibility index (Phi) is 19.6. The lowest BCUT2D eigenvalue weighted by molar-refractivity contribution is -0.322. The largest absolute Gasteiger partial charge is 0.459 e. The van der Waals surface area contributed by atoms with Gasteiger partial charge in [-0.25, -0.2) is 0 Å². The van der Waals surface area contributed by atoms with Gasteiger partial charge in [0.25, 0.3) is 0 Å². The molecule has 63 heavy (non-hydrogen) atoms. The molecule has 0 spiro atoms. The van der Waals surface area contributed by atoms with E-state index < -0.39 is 102 Å². The molecule has 18 atom stereocenters. The topological polar surface area (TPSA) is 181 Å². The van der Waals surface area contributed by atoms with Crippen molar-refractivity contribution in [1.29, 1.82) is 0 Å². The van der Waals surface area contributed by atoms with Gasteiger partial charge in [0.2, 0.25) is 0 Å². The molecular formula is C48H81NO14. The van der Waals surface area contributed by atoms with E-state index in [0.29, 0.717) is 32.7 Å². The predicted octanol–water partition coefficient (Wildman–Crippen LogP) is 5.07. The van der Waals surface area contributed by atoms with Crippen molar-refractivity contribution in [3.63, 3.8) is 0 Å². The Morgan fingerprint density at radius 1 is 0.825 bits per heavy atom. The third-order valence-electron chi connectivity index (χ3n) is 14.1. The van der Waals surface area contributed by atoms with Gasteiger partial charge in [0.1, 0.15) is 29.7 Å². The number of carbonyl (C=O) groups excluding carboxylic acids is 2. The quantitative estimate of drug-likeness (QED) is 0.157. The van der Waals surface area contributed by atoms with Gasteiger partial charge in [-0.05, 0) is 86.9 Å². The van der Waals surface area contributed by atoms with Gasteiger partial charge in [0.05, 0.1) is 54.2 Å². The van der Waals surface area contributed by atoms with Crippen molar-refractivity contribution in [3.8, 4) is 0 Å². The summed E-state index contributed by atoms with van der Waals surface area (Å²) in [6, 6.07) is 9.88. The van der Waals surface area contributed by atoms with E-state index in [9.17, 15) is 24.9 Å². The number of Topliss-reactive ketones (excluding diaryl/α,β-unsaturated/α-hetero) is 1. The van der Waals surface area contributed by atoms with Crippen molar-refractivity contribution >= 4 is 11.8 Å². The second-order valence-electron chi connectivity index (χ2n) is 19.4. The highest BCUT2D eigenvalue weighted by Crippen LogP contribution is 2.42. The summed E-state index contributed by atoms with van der Waals surface area (Å²) >= 11 is 0. The summed E-state index contributed by atoms with van der Waals surface area (Å²) in [5.74, 6) is -4.41. The van der Waals surface area contributed by atoms with Gasteiger partial charge >= 0.3 is 5.97 Å². The third-order valence-corrected chi connectivity index (χ3v) is 14.1. The first-order chi connectivity index (χ1) is 29.5. The molecule has 3 fully saturated rings. The Labute approximate surface area is 376 Å². The molecule has 0 saturated carbocycles. The first-order valence-electron chi connectivity index (χ1n) is 23.0. The van der Waals surface area contributed by atoms with E-state index in [4.69, 9.17) is 42.6 Å². The second-order valence-corrected chi connectivity index (χ2v) is 19.4. The number of methoxy groups -OCH3 is 2. The fourth-order valence-electron chi connectivity index (χ4n) is 9.90. The third kappa shape index (κ3) is 12.9. The first-order valence-corrected chi connectivity index (χ1v) is 23.0. The molecule has 1 aromatic rings. The van der Waals surface area contributed by atoms with Crippen LogP contribution < -0.4 is 0 Å². The number of aliphatic hydroxyl groups is 3. The number of cyclic esters (lactones) is 1. The molecule has 0 radical (unpaired) electrons. The molecule has 0 aliphatic carbocycles. The molecule has 3 N–H and O–H groups in total. The normalized spacial score (nSPS) is 42.5. The smallest absolute Gasteiger partial charge is 0.311 e. The van der Waals surface area contributed by atoms with E-state index in [0.717, 1.165) is 5.56 Å². The zero-order valence-electron chi connectivity index (χ0n) is 40.5. The van der Waals surface area contributed by atoms with Crippen molar-refractivity contribution < 1.29 is 67.5 Å². The number of ketones is 1. The number of benzene rings is 1. The highest BCUT2D eigenvalue weighted by Gasteiger charge is 2.54. The lowest BCUT2D eigenvalue weighted by Crippen LogP contribution is -2.62. The van der Waals surface area contributed by atoms with Crippen molar-refractivity contribution in [2.24, 2.45) is 23.7 Å². The molecule has 3 saturated heterocycles. The minimum Gasteiger partial charge on any atom is -0.459 e. The average molecular weight is 896 g/mol. The number of likely N-dealkylation sites (N-methyl/N-ethyl adjacent to an activating group) is 1. The second kappa shape index (κ2) is 23.1. The number of nitrogens with zero attached hydrogens (tertiary/aromatic N) is 1. The summed E-state index contributed by atoms with van der Waals surface area (Å²) in [7, 11) is 7.08. The van der Waals surface area contributed by atoms with E-state index >= 15 is 0 Å². The summed E-state index contributed by atoms with van der Waals surface area (Å²) in [6.07, 6.45) is -7.24. The Morgan fingerprint density at radius 2 is 1.48 bits per heavy atom. The Bertz CT molecular complexity index is 1570. The van der Waals surface area contributed by atoms with Crippen LogP contribution >= 0.6 is 0 Å². The molecule has 0 amide bonds. The van der Waals surface area contributed by atoms with Gasteiger partial charge < -0.3 is 62.9 Å². The minimum atomic E-state index is -1.97. The van der Waals surface area contributed by atoms with Crippen LogP contribution in [0.5, 0.6) is 0 Å². The van der Waals surface area contributed by atoms with Gasteiger partial charge in [-0.15, -0.1) is 0 Å². The SMILES string of the molecule is CC[C@H]1OC(=O)[C@H](C)[C@@H](O[C@H]2C[C@@](C)(OC)[C@@H](O)[C@H](C)O2)[C@H](C)[C@@H](O[C@@H]2O[C@H](C)C[C@H](N(C)C)[C@H]2OCCCOCc2ccccc2)[C@@](C)(OC)C[C@@H](C)C(=O)[C@H](C)[C@@H](O)[C@]1(C)O. The van der Waals surface area contributed by atoms with Gasteiger partial charge in [-0.2, -0.15) is 0 Å². The van der Waals surface area contributed by atoms with Gasteiger partial charge in [-0.1, -0.05) is 58.0 Å². The predicted molar refractivity (Wildman–Crippen MR) is 235 cm³/mol. The lowest BCUT2D eigenvalue weighted by Gasteiger charge is -2.50. The van der Waals surface area contributed by atoms with Crippen LogP contribution in [0.3, 0.4) is 0 Å². The van der Waals surface area contributed by atoms with Crippen LogP contribution in [0.2, 0.25) is 0 Å². The van der Waals surface area contributed by atoms with E-state index in [2.05, 4.69) is 4.90 Å². The molecule has 0 unspecified atom stereocenters. The van der Waals surface area contributed by atoms with Crippen LogP contribution in [0.4, 0.5) is 0 Å². The van der Waals surface area contributed by atoms with Crippen molar-refractivity contribution in [2.75, 3.05) is 41.5 Å². The maximum atomic E-state index is 14.5. The fraction of sp³-hybridized carbons (Fsp3) is 0.833. The lowest BCUT2D eigenvalue weighted by atomic mass is 9.74. The number of rotatable bonds is 15. The Balaban J connectivity index is 1.79. The molecule has 1 aromatic carbocycles. The van der Waals surface area contributed by atoms with E-state index in [-0.39, 0.29) is 37.2 Å². The fourth-order valence-corrected chi connectivity index (χ4v) is 9.90. The minimum absolute atomic E-state index is 0.107.